The molecular formula is C11H9N3O3. The van der Waals surface area contributed by atoms with E-state index in [2.05, 4.69) is 9.97 Å². The van der Waals surface area contributed by atoms with Crippen LogP contribution in [0, 0.1) is 0 Å². The Morgan fingerprint density at radius 3 is 2.59 bits per heavy atom. The van der Waals surface area contributed by atoms with Crippen LogP contribution in [0.5, 0.6) is 0 Å². The number of nitrogens with one attached hydrogen (secondary N) is 1. The fourth-order valence-electron chi connectivity index (χ4n) is 1.55. The molecule has 0 radical (unpaired) electrons. The van der Waals surface area contributed by atoms with Crippen molar-refractivity contribution < 1.29 is 9.90 Å². The number of aromatic nitrogens is 2. The number of aromatic carboxylic acids is 1. The maximum Gasteiger partial charge on any atom is 0.341 e. The van der Waals surface area contributed by atoms with Crippen molar-refractivity contribution in [1.29, 1.82) is 0 Å². The molecule has 2 heterocycles. The molecule has 0 fully saturated rings. The largest absolute Gasteiger partial charge is 0.477 e. The molecule has 0 bridgehead atoms. The number of carbonyl (C=O) groups is 1. The summed E-state index contributed by atoms with van der Waals surface area (Å²) in [7, 11) is 0. The highest BCUT2D eigenvalue weighted by Gasteiger charge is 2.16. The van der Waals surface area contributed by atoms with Crippen molar-refractivity contribution in [3.63, 3.8) is 0 Å². The van der Waals surface area contributed by atoms with E-state index < -0.39 is 11.5 Å². The van der Waals surface area contributed by atoms with Gasteiger partial charge in [0.05, 0.1) is 0 Å². The molecule has 0 aliphatic heterocycles. The van der Waals surface area contributed by atoms with E-state index in [1.807, 2.05) is 0 Å². The maximum absolute atomic E-state index is 11.5. The summed E-state index contributed by atoms with van der Waals surface area (Å²) in [6.07, 6.45) is 3.02. The molecule has 0 unspecified atom stereocenters. The summed E-state index contributed by atoms with van der Waals surface area (Å²) in [4.78, 5) is 28.7. The monoisotopic (exact) mass is 231 g/mol. The summed E-state index contributed by atoms with van der Waals surface area (Å²) in [5, 5.41) is 9.02. The van der Waals surface area contributed by atoms with Crippen LogP contribution < -0.4 is 11.3 Å². The molecular weight excluding hydrogens is 222 g/mol. The number of hydrogen-bond acceptors (Lipinski definition) is 4. The number of H-pyrrole nitrogens is 1. The van der Waals surface area contributed by atoms with Crippen molar-refractivity contribution in [1.82, 2.24) is 9.97 Å². The zero-order chi connectivity index (χ0) is 12.4. The SMILES string of the molecule is Nc1cc(-c2ccncc2)c(C(=O)O)c(=O)[nH]1. The van der Waals surface area contributed by atoms with E-state index in [1.165, 1.54) is 18.5 Å². The van der Waals surface area contributed by atoms with Gasteiger partial charge in [-0.2, -0.15) is 0 Å². The van der Waals surface area contributed by atoms with Crippen LogP contribution in [-0.2, 0) is 0 Å². The minimum absolute atomic E-state index is 0.117. The van der Waals surface area contributed by atoms with E-state index in [0.717, 1.165) is 0 Å². The molecule has 0 saturated heterocycles. The lowest BCUT2D eigenvalue weighted by molar-refractivity contribution is 0.0696. The van der Waals surface area contributed by atoms with Crippen molar-refractivity contribution in [3.05, 3.63) is 46.5 Å². The van der Waals surface area contributed by atoms with Gasteiger partial charge in [0.15, 0.2) is 0 Å². The van der Waals surface area contributed by atoms with Crippen molar-refractivity contribution in [2.24, 2.45) is 0 Å². The van der Waals surface area contributed by atoms with Gasteiger partial charge in [0.25, 0.3) is 5.56 Å². The Morgan fingerprint density at radius 2 is 2.00 bits per heavy atom. The Hall–Kier alpha value is -2.63. The van der Waals surface area contributed by atoms with Crippen molar-refractivity contribution in [3.8, 4) is 11.1 Å². The van der Waals surface area contributed by atoms with E-state index in [0.29, 0.717) is 5.56 Å². The number of anilines is 1. The molecule has 0 aliphatic carbocycles. The molecule has 2 aromatic rings. The number of nitrogens with two attached hydrogens (primary N) is 1. The molecule has 17 heavy (non-hydrogen) atoms. The lowest BCUT2D eigenvalue weighted by Gasteiger charge is -2.06. The number of aromatic amines is 1. The smallest absolute Gasteiger partial charge is 0.341 e. The van der Waals surface area contributed by atoms with Gasteiger partial charge in [0.1, 0.15) is 11.4 Å². The molecule has 6 heteroatoms. The number of hydrogen-bond donors (Lipinski definition) is 3. The van der Waals surface area contributed by atoms with E-state index in [9.17, 15) is 9.59 Å². The fraction of sp³-hybridized carbons (Fsp3) is 0. The van der Waals surface area contributed by atoms with Crippen LogP contribution in [0.4, 0.5) is 5.82 Å². The van der Waals surface area contributed by atoms with Crippen LogP contribution in [0.2, 0.25) is 0 Å². The molecule has 0 spiro atoms. The molecule has 0 saturated carbocycles. The first-order valence-electron chi connectivity index (χ1n) is 4.76. The van der Waals surface area contributed by atoms with Gasteiger partial charge in [-0.1, -0.05) is 0 Å². The summed E-state index contributed by atoms with van der Waals surface area (Å²) < 4.78 is 0. The second kappa shape index (κ2) is 4.09. The molecule has 2 rings (SSSR count). The molecule has 0 aliphatic rings. The molecule has 0 aromatic carbocycles. The second-order valence-corrected chi connectivity index (χ2v) is 3.38. The number of nitrogens with zero attached hydrogens (tertiary/aromatic N) is 1. The predicted octanol–water partition coefficient (Wildman–Crippen LogP) is 0.717. The quantitative estimate of drug-likeness (QED) is 0.705. The fourth-order valence-corrected chi connectivity index (χ4v) is 1.55. The summed E-state index contributed by atoms with van der Waals surface area (Å²) in [6, 6.07) is 4.64. The van der Waals surface area contributed by atoms with Gasteiger partial charge >= 0.3 is 5.97 Å². The van der Waals surface area contributed by atoms with Gasteiger partial charge in [-0.25, -0.2) is 4.79 Å². The Bertz CT molecular complexity index is 620. The van der Waals surface area contributed by atoms with Gasteiger partial charge in [-0.05, 0) is 23.8 Å². The normalized spacial score (nSPS) is 10.1. The molecule has 6 nitrogen and oxygen atoms in total. The van der Waals surface area contributed by atoms with Crippen LogP contribution in [0.15, 0.2) is 35.4 Å². The number of carboxylic acid groups (broad SMARTS) is 1. The minimum Gasteiger partial charge on any atom is -0.477 e. The Labute approximate surface area is 95.7 Å². The molecule has 0 amide bonds. The molecule has 86 valence electrons. The lowest BCUT2D eigenvalue weighted by Crippen LogP contribution is -2.20. The Kier molecular flexibility index (Phi) is 2.61. The van der Waals surface area contributed by atoms with Crippen LogP contribution in [-0.4, -0.2) is 21.0 Å². The summed E-state index contributed by atoms with van der Waals surface area (Å²) in [6.45, 7) is 0. The molecule has 2 aromatic heterocycles. The number of rotatable bonds is 2. The lowest BCUT2D eigenvalue weighted by atomic mass is 10.0. The van der Waals surface area contributed by atoms with E-state index in [4.69, 9.17) is 10.8 Å². The Balaban J connectivity index is 2.77. The predicted molar refractivity (Wildman–Crippen MR) is 61.7 cm³/mol. The molecule has 0 atom stereocenters. The van der Waals surface area contributed by atoms with Crippen LogP contribution in [0.25, 0.3) is 11.1 Å². The standard InChI is InChI=1S/C11H9N3O3/c12-8-5-7(6-1-3-13-4-2-6)9(11(16)17)10(15)14-8/h1-5H,(H,16,17)(H3,12,14,15). The average molecular weight is 231 g/mol. The average Bonchev–Trinajstić information content (AvgIpc) is 2.28. The highest BCUT2D eigenvalue weighted by atomic mass is 16.4. The number of nitrogen functional groups attached to an aromatic ring is 1. The topological polar surface area (TPSA) is 109 Å². The Morgan fingerprint density at radius 1 is 1.35 bits per heavy atom. The van der Waals surface area contributed by atoms with Gasteiger partial charge in [-0.3, -0.25) is 9.78 Å². The first-order chi connectivity index (χ1) is 8.09. The van der Waals surface area contributed by atoms with Gasteiger partial charge in [0.2, 0.25) is 0 Å². The van der Waals surface area contributed by atoms with Gasteiger partial charge < -0.3 is 15.8 Å². The van der Waals surface area contributed by atoms with E-state index >= 15 is 0 Å². The van der Waals surface area contributed by atoms with E-state index in [1.54, 1.807) is 12.1 Å². The number of pyridine rings is 2. The first-order valence-corrected chi connectivity index (χ1v) is 4.76. The summed E-state index contributed by atoms with van der Waals surface area (Å²) >= 11 is 0. The van der Waals surface area contributed by atoms with E-state index in [-0.39, 0.29) is 16.9 Å². The van der Waals surface area contributed by atoms with Crippen LogP contribution in [0.3, 0.4) is 0 Å². The number of carboxylic acids is 1. The zero-order valence-corrected chi connectivity index (χ0v) is 8.68. The molecule has 4 N–H and O–H groups in total. The van der Waals surface area contributed by atoms with Gasteiger partial charge in [-0.15, -0.1) is 0 Å². The van der Waals surface area contributed by atoms with Gasteiger partial charge in [0, 0.05) is 18.0 Å². The highest BCUT2D eigenvalue weighted by molar-refractivity contribution is 5.96. The minimum atomic E-state index is -1.29. The van der Waals surface area contributed by atoms with Crippen LogP contribution in [0.1, 0.15) is 10.4 Å². The maximum atomic E-state index is 11.5. The third-order valence-corrected chi connectivity index (χ3v) is 2.26. The summed E-state index contributed by atoms with van der Waals surface area (Å²) in [5.41, 5.74) is 5.31. The highest BCUT2D eigenvalue weighted by Crippen LogP contribution is 2.21. The van der Waals surface area contributed by atoms with Crippen molar-refractivity contribution >= 4 is 11.8 Å². The third-order valence-electron chi connectivity index (χ3n) is 2.26. The third kappa shape index (κ3) is 2.00. The van der Waals surface area contributed by atoms with Crippen LogP contribution >= 0.6 is 0 Å². The zero-order valence-electron chi connectivity index (χ0n) is 8.68. The second-order valence-electron chi connectivity index (χ2n) is 3.38. The van der Waals surface area contributed by atoms with Crippen molar-refractivity contribution in [2.45, 2.75) is 0 Å². The van der Waals surface area contributed by atoms with Crippen molar-refractivity contribution in [2.75, 3.05) is 5.73 Å². The summed E-state index contributed by atoms with van der Waals surface area (Å²) in [5.74, 6) is -1.18. The first kappa shape index (κ1) is 10.9.